The fraction of sp³-hybridized carbons (Fsp3) is 0.375. The van der Waals surface area contributed by atoms with Crippen molar-refractivity contribution in [1.82, 2.24) is 24.8 Å². The number of pyridine rings is 1. The summed E-state index contributed by atoms with van der Waals surface area (Å²) in [6, 6.07) is 9.21. The highest BCUT2D eigenvalue weighted by Crippen LogP contribution is 2.22. The van der Waals surface area contributed by atoms with Crippen LogP contribution in [0.3, 0.4) is 0 Å². The summed E-state index contributed by atoms with van der Waals surface area (Å²) in [4.78, 5) is 6.47. The fourth-order valence-electron chi connectivity index (χ4n) is 2.84. The molecule has 0 unspecified atom stereocenters. The Morgan fingerprint density at radius 1 is 1.12 bits per heavy atom. The first-order chi connectivity index (χ1) is 11.7. The Morgan fingerprint density at radius 2 is 1.96 bits per heavy atom. The predicted molar refractivity (Wildman–Crippen MR) is 86.9 cm³/mol. The van der Waals surface area contributed by atoms with Gasteiger partial charge in [0.15, 0.2) is 5.65 Å². The van der Waals surface area contributed by atoms with Crippen LogP contribution < -0.4 is 9.64 Å². The van der Waals surface area contributed by atoms with Crippen molar-refractivity contribution in [2.45, 2.75) is 19.0 Å². The van der Waals surface area contributed by atoms with Crippen molar-refractivity contribution >= 4 is 11.5 Å². The molecule has 0 spiro atoms. The van der Waals surface area contributed by atoms with Gasteiger partial charge in [0.05, 0.1) is 7.11 Å². The number of piperidine rings is 1. The van der Waals surface area contributed by atoms with Crippen molar-refractivity contribution in [3.8, 4) is 17.4 Å². The molecule has 4 rings (SSSR count). The van der Waals surface area contributed by atoms with E-state index in [1.807, 2.05) is 24.3 Å². The summed E-state index contributed by atoms with van der Waals surface area (Å²) in [6.07, 6.45) is 0.356. The smallest absolute Gasteiger partial charge is 0.213 e. The Morgan fingerprint density at radius 3 is 2.75 bits per heavy atom. The number of hydrogen-bond acceptors (Lipinski definition) is 6. The zero-order chi connectivity index (χ0) is 16.5. The number of aromatic nitrogens is 5. The van der Waals surface area contributed by atoms with Gasteiger partial charge in [-0.3, -0.25) is 0 Å². The third kappa shape index (κ3) is 2.64. The maximum Gasteiger partial charge on any atom is 0.213 e. The van der Waals surface area contributed by atoms with Crippen LogP contribution in [0.4, 0.5) is 10.2 Å². The molecular weight excluding hydrogens is 311 g/mol. The van der Waals surface area contributed by atoms with Crippen molar-refractivity contribution < 1.29 is 9.13 Å². The van der Waals surface area contributed by atoms with Crippen molar-refractivity contribution in [2.24, 2.45) is 0 Å². The molecule has 124 valence electrons. The summed E-state index contributed by atoms with van der Waals surface area (Å²) >= 11 is 0. The van der Waals surface area contributed by atoms with Gasteiger partial charge in [0, 0.05) is 19.2 Å². The van der Waals surface area contributed by atoms with E-state index in [-0.39, 0.29) is 0 Å². The van der Waals surface area contributed by atoms with Gasteiger partial charge in [-0.15, -0.1) is 15.3 Å². The molecule has 4 heterocycles. The molecule has 0 atom stereocenters. The van der Waals surface area contributed by atoms with Crippen LogP contribution in [0.2, 0.25) is 0 Å². The van der Waals surface area contributed by atoms with Crippen LogP contribution in [0.5, 0.6) is 5.88 Å². The van der Waals surface area contributed by atoms with Crippen LogP contribution in [0.15, 0.2) is 30.3 Å². The van der Waals surface area contributed by atoms with Gasteiger partial charge in [-0.2, -0.15) is 4.52 Å². The van der Waals surface area contributed by atoms with E-state index in [2.05, 4.69) is 25.2 Å². The molecule has 0 aliphatic carbocycles. The van der Waals surface area contributed by atoms with Gasteiger partial charge in [0.2, 0.25) is 11.7 Å². The van der Waals surface area contributed by atoms with E-state index in [1.54, 1.807) is 17.7 Å². The minimum absolute atomic E-state index is 0.505. The number of alkyl halides is 1. The van der Waals surface area contributed by atoms with Gasteiger partial charge in [-0.25, -0.2) is 9.37 Å². The third-order valence-electron chi connectivity index (χ3n) is 4.16. The molecule has 7 nitrogen and oxygen atoms in total. The molecule has 1 fully saturated rings. The molecule has 1 saturated heterocycles. The second-order valence-corrected chi connectivity index (χ2v) is 5.71. The van der Waals surface area contributed by atoms with E-state index >= 15 is 0 Å². The standard InChI is InChI=1S/C16H17FN6O/c1-24-15-4-2-3-12(18-15)16-20-19-13-5-6-14(21-23(13)16)22-9-7-11(17)8-10-22/h2-6,11H,7-10H2,1H3. The van der Waals surface area contributed by atoms with E-state index in [0.29, 0.717) is 49.0 Å². The number of methoxy groups -OCH3 is 1. The van der Waals surface area contributed by atoms with Gasteiger partial charge < -0.3 is 9.64 Å². The van der Waals surface area contributed by atoms with Gasteiger partial charge >= 0.3 is 0 Å². The molecule has 8 heteroatoms. The lowest BCUT2D eigenvalue weighted by Crippen LogP contribution is -2.35. The minimum atomic E-state index is -0.712. The Hall–Kier alpha value is -2.77. The summed E-state index contributed by atoms with van der Waals surface area (Å²) in [5.41, 5.74) is 1.27. The topological polar surface area (TPSA) is 68.4 Å². The predicted octanol–water partition coefficient (Wildman–Crippen LogP) is 2.13. The molecule has 3 aromatic rings. The van der Waals surface area contributed by atoms with Crippen LogP contribution in [0, 0.1) is 0 Å². The number of rotatable bonds is 3. The molecular formula is C16H17FN6O. The monoisotopic (exact) mass is 328 g/mol. The number of anilines is 1. The van der Waals surface area contributed by atoms with E-state index < -0.39 is 6.17 Å². The van der Waals surface area contributed by atoms with Crippen LogP contribution in [0.25, 0.3) is 17.2 Å². The quantitative estimate of drug-likeness (QED) is 0.734. The highest BCUT2D eigenvalue weighted by atomic mass is 19.1. The van der Waals surface area contributed by atoms with Gasteiger partial charge in [0.25, 0.3) is 0 Å². The lowest BCUT2D eigenvalue weighted by Gasteiger charge is -2.29. The average molecular weight is 328 g/mol. The maximum absolute atomic E-state index is 13.3. The first-order valence-electron chi connectivity index (χ1n) is 7.87. The Kier molecular flexibility index (Phi) is 3.72. The molecule has 3 aromatic heterocycles. The summed E-state index contributed by atoms with van der Waals surface area (Å²) in [5.74, 6) is 1.84. The molecule has 1 aliphatic heterocycles. The van der Waals surface area contributed by atoms with E-state index in [9.17, 15) is 4.39 Å². The number of nitrogens with zero attached hydrogens (tertiary/aromatic N) is 6. The second kappa shape index (κ2) is 6.03. The Labute approximate surface area is 138 Å². The normalized spacial score (nSPS) is 15.8. The first-order valence-corrected chi connectivity index (χ1v) is 7.87. The number of ether oxygens (including phenoxy) is 1. The molecule has 1 aliphatic rings. The molecule has 0 N–H and O–H groups in total. The molecule has 0 saturated carbocycles. The summed E-state index contributed by atoms with van der Waals surface area (Å²) < 4.78 is 20.2. The first kappa shape index (κ1) is 14.8. The lowest BCUT2D eigenvalue weighted by atomic mass is 10.1. The fourth-order valence-corrected chi connectivity index (χ4v) is 2.84. The molecule has 0 aromatic carbocycles. The number of fused-ring (bicyclic) bond motifs is 1. The zero-order valence-corrected chi connectivity index (χ0v) is 13.3. The van der Waals surface area contributed by atoms with E-state index in [1.165, 1.54) is 0 Å². The summed E-state index contributed by atoms with van der Waals surface area (Å²) in [7, 11) is 1.57. The molecule has 0 amide bonds. The highest BCUT2D eigenvalue weighted by molar-refractivity contribution is 5.56. The van der Waals surface area contributed by atoms with E-state index in [0.717, 1.165) is 5.82 Å². The van der Waals surface area contributed by atoms with Crippen LogP contribution in [-0.4, -0.2) is 51.2 Å². The summed E-state index contributed by atoms with van der Waals surface area (Å²) in [5, 5.41) is 13.0. The lowest BCUT2D eigenvalue weighted by molar-refractivity contribution is 0.276. The zero-order valence-electron chi connectivity index (χ0n) is 13.3. The van der Waals surface area contributed by atoms with E-state index in [4.69, 9.17) is 4.74 Å². The van der Waals surface area contributed by atoms with Crippen molar-refractivity contribution in [2.75, 3.05) is 25.1 Å². The maximum atomic E-state index is 13.3. The number of halogens is 1. The van der Waals surface area contributed by atoms with Gasteiger partial charge in [-0.1, -0.05) is 6.07 Å². The van der Waals surface area contributed by atoms with Crippen LogP contribution >= 0.6 is 0 Å². The highest BCUT2D eigenvalue weighted by Gasteiger charge is 2.20. The molecule has 0 radical (unpaired) electrons. The van der Waals surface area contributed by atoms with Crippen LogP contribution in [0.1, 0.15) is 12.8 Å². The summed E-state index contributed by atoms with van der Waals surface area (Å²) in [6.45, 7) is 1.32. The molecule has 0 bridgehead atoms. The van der Waals surface area contributed by atoms with Crippen molar-refractivity contribution in [3.05, 3.63) is 30.3 Å². The van der Waals surface area contributed by atoms with Crippen LogP contribution in [-0.2, 0) is 0 Å². The second-order valence-electron chi connectivity index (χ2n) is 5.71. The average Bonchev–Trinajstić information content (AvgIpc) is 3.05. The third-order valence-corrected chi connectivity index (χ3v) is 4.16. The Balaban J connectivity index is 1.73. The van der Waals surface area contributed by atoms with Crippen molar-refractivity contribution in [1.29, 1.82) is 0 Å². The number of hydrogen-bond donors (Lipinski definition) is 0. The van der Waals surface area contributed by atoms with Gasteiger partial charge in [0.1, 0.15) is 17.7 Å². The SMILES string of the molecule is COc1cccc(-c2nnc3ccc(N4CCC(F)CC4)nn23)n1. The Bertz CT molecular complexity index is 859. The van der Waals surface area contributed by atoms with Gasteiger partial charge in [-0.05, 0) is 31.0 Å². The minimum Gasteiger partial charge on any atom is -0.481 e. The molecule has 24 heavy (non-hydrogen) atoms. The largest absolute Gasteiger partial charge is 0.481 e. The van der Waals surface area contributed by atoms with Crippen molar-refractivity contribution in [3.63, 3.8) is 0 Å².